The fourth-order valence-corrected chi connectivity index (χ4v) is 6.36. The number of sulfone groups is 1. The number of aliphatic carboxylic acids is 1. The van der Waals surface area contributed by atoms with Gasteiger partial charge in [0.1, 0.15) is 11.9 Å². The Morgan fingerprint density at radius 3 is 2.43 bits per heavy atom. The van der Waals surface area contributed by atoms with Crippen LogP contribution >= 0.6 is 0 Å². The largest absolute Gasteiger partial charge is 0.480 e. The second-order valence-electron chi connectivity index (χ2n) is 8.51. The molecule has 1 aliphatic heterocycles. The topological polar surface area (TPSA) is 92.5 Å². The third-order valence-corrected chi connectivity index (χ3v) is 8.30. The molecule has 2 heterocycles. The van der Waals surface area contributed by atoms with Crippen molar-refractivity contribution >= 4 is 21.6 Å². The molecule has 11 heteroatoms. The van der Waals surface area contributed by atoms with Crippen LogP contribution in [0, 0.1) is 6.92 Å². The highest BCUT2D eigenvalue weighted by Crippen LogP contribution is 2.38. The van der Waals surface area contributed by atoms with Crippen molar-refractivity contribution in [2.75, 3.05) is 11.4 Å². The molecule has 4 rings (SSSR count). The van der Waals surface area contributed by atoms with Crippen LogP contribution in [0.4, 0.5) is 19.0 Å². The zero-order valence-electron chi connectivity index (χ0n) is 18.8. The number of hydrogen-bond donors (Lipinski definition) is 1. The molecule has 1 aromatic heterocycles. The summed E-state index contributed by atoms with van der Waals surface area (Å²) >= 11 is 0. The lowest BCUT2D eigenvalue weighted by Gasteiger charge is -2.24. The van der Waals surface area contributed by atoms with Crippen LogP contribution in [-0.2, 0) is 33.8 Å². The minimum absolute atomic E-state index is 0.262. The molecule has 0 amide bonds. The van der Waals surface area contributed by atoms with Gasteiger partial charge < -0.3 is 10.0 Å². The van der Waals surface area contributed by atoms with Crippen molar-refractivity contribution in [2.45, 2.75) is 48.7 Å². The zero-order valence-corrected chi connectivity index (χ0v) is 19.6. The third-order valence-electron chi connectivity index (χ3n) is 6.12. The molecule has 3 aromatic rings. The van der Waals surface area contributed by atoms with Crippen LogP contribution in [0.5, 0.6) is 0 Å². The van der Waals surface area contributed by atoms with Crippen LogP contribution in [-0.4, -0.2) is 47.1 Å². The SMILES string of the molecule is Cc1cc(N2C[C@H](S(=O)(=O)c3ccccc3C(F)(F)F)C[C@H]2C(=O)O)n(CCc2ccccc2)n1. The maximum Gasteiger partial charge on any atom is 0.417 e. The molecule has 2 aromatic carbocycles. The molecule has 0 saturated carbocycles. The van der Waals surface area contributed by atoms with Gasteiger partial charge in [0.25, 0.3) is 0 Å². The Bertz CT molecular complexity index is 1320. The summed E-state index contributed by atoms with van der Waals surface area (Å²) in [6, 6.07) is 14.0. The number of halogens is 3. The van der Waals surface area contributed by atoms with E-state index in [1.54, 1.807) is 17.7 Å². The summed E-state index contributed by atoms with van der Waals surface area (Å²) in [4.78, 5) is 12.7. The number of aryl methyl sites for hydroxylation is 3. The Balaban J connectivity index is 1.66. The first-order valence-electron chi connectivity index (χ1n) is 11.0. The number of carbonyl (C=O) groups is 1. The highest BCUT2D eigenvalue weighted by Gasteiger charge is 2.47. The Morgan fingerprint density at radius 1 is 1.11 bits per heavy atom. The van der Waals surface area contributed by atoms with Gasteiger partial charge in [0, 0.05) is 19.2 Å². The fourth-order valence-electron chi connectivity index (χ4n) is 4.45. The average Bonchev–Trinajstić information content (AvgIpc) is 3.42. The van der Waals surface area contributed by atoms with E-state index in [0.717, 1.165) is 23.8 Å². The van der Waals surface area contributed by atoms with Gasteiger partial charge in [-0.2, -0.15) is 18.3 Å². The summed E-state index contributed by atoms with van der Waals surface area (Å²) in [5.41, 5.74) is 0.409. The van der Waals surface area contributed by atoms with E-state index in [-0.39, 0.29) is 13.0 Å². The van der Waals surface area contributed by atoms with Gasteiger partial charge in [0.2, 0.25) is 0 Å². The average molecular weight is 508 g/mol. The number of carboxylic acid groups (broad SMARTS) is 1. The van der Waals surface area contributed by atoms with Crippen molar-refractivity contribution in [3.63, 3.8) is 0 Å². The first-order chi connectivity index (χ1) is 16.5. The standard InChI is InChI=1S/C24H24F3N3O4S/c1-16-13-22(30(28-16)12-11-17-7-3-2-4-8-17)29-15-18(14-20(29)23(31)32)35(33,34)21-10-6-5-9-19(21)24(25,26)27/h2-10,13,18,20H,11-12,14-15H2,1H3,(H,31,32)/t18-,20+/m1/s1. The Labute approximate surface area is 200 Å². The van der Waals surface area contributed by atoms with Crippen molar-refractivity contribution in [3.05, 3.63) is 77.5 Å². The quantitative estimate of drug-likeness (QED) is 0.521. The summed E-state index contributed by atoms with van der Waals surface area (Å²) in [6.07, 6.45) is -4.59. The normalized spacial score (nSPS) is 18.7. The monoisotopic (exact) mass is 507 g/mol. The first-order valence-corrected chi connectivity index (χ1v) is 12.5. The van der Waals surface area contributed by atoms with Gasteiger partial charge in [-0.25, -0.2) is 17.9 Å². The second kappa shape index (κ2) is 9.37. The van der Waals surface area contributed by atoms with Crippen molar-refractivity contribution < 1.29 is 31.5 Å². The number of rotatable bonds is 7. The lowest BCUT2D eigenvalue weighted by molar-refractivity contribution is -0.140. The van der Waals surface area contributed by atoms with Gasteiger partial charge >= 0.3 is 12.1 Å². The molecule has 1 saturated heterocycles. The molecular formula is C24H24F3N3O4S. The van der Waals surface area contributed by atoms with Crippen LogP contribution in [0.1, 0.15) is 23.2 Å². The minimum atomic E-state index is -4.86. The maximum atomic E-state index is 13.5. The maximum absolute atomic E-state index is 13.5. The lowest BCUT2D eigenvalue weighted by atomic mass is 10.1. The summed E-state index contributed by atoms with van der Waals surface area (Å²) in [5.74, 6) is -0.826. The number of benzene rings is 2. The van der Waals surface area contributed by atoms with Gasteiger partial charge in [-0.3, -0.25) is 0 Å². The highest BCUT2D eigenvalue weighted by molar-refractivity contribution is 7.92. The van der Waals surface area contributed by atoms with E-state index in [0.29, 0.717) is 24.5 Å². The smallest absolute Gasteiger partial charge is 0.417 e. The molecule has 186 valence electrons. The molecule has 0 aliphatic carbocycles. The minimum Gasteiger partial charge on any atom is -0.480 e. The Morgan fingerprint density at radius 2 is 1.77 bits per heavy atom. The van der Waals surface area contributed by atoms with Crippen molar-refractivity contribution in [3.8, 4) is 0 Å². The molecular weight excluding hydrogens is 483 g/mol. The number of carboxylic acids is 1. The zero-order chi connectivity index (χ0) is 25.4. The van der Waals surface area contributed by atoms with E-state index in [4.69, 9.17) is 0 Å². The number of hydrogen-bond acceptors (Lipinski definition) is 5. The predicted octanol–water partition coefficient (Wildman–Crippen LogP) is 3.96. The van der Waals surface area contributed by atoms with Gasteiger partial charge in [0.15, 0.2) is 9.84 Å². The van der Waals surface area contributed by atoms with Gasteiger partial charge in [-0.1, -0.05) is 42.5 Å². The fraction of sp³-hybridized carbons (Fsp3) is 0.333. The number of alkyl halides is 3. The van der Waals surface area contributed by atoms with Gasteiger partial charge in [-0.15, -0.1) is 0 Å². The summed E-state index contributed by atoms with van der Waals surface area (Å²) in [5, 5.41) is 13.0. The van der Waals surface area contributed by atoms with E-state index in [9.17, 15) is 31.5 Å². The molecule has 1 fully saturated rings. The third kappa shape index (κ3) is 5.04. The molecule has 0 bridgehead atoms. The number of nitrogens with zero attached hydrogens (tertiary/aromatic N) is 3. The molecule has 35 heavy (non-hydrogen) atoms. The van der Waals surface area contributed by atoms with Crippen LogP contribution in [0.3, 0.4) is 0 Å². The molecule has 1 N–H and O–H groups in total. The molecule has 2 atom stereocenters. The number of aromatic nitrogens is 2. The van der Waals surface area contributed by atoms with E-state index in [1.807, 2.05) is 30.3 Å². The molecule has 0 spiro atoms. The first kappa shape index (κ1) is 24.8. The molecule has 7 nitrogen and oxygen atoms in total. The highest BCUT2D eigenvalue weighted by atomic mass is 32.2. The van der Waals surface area contributed by atoms with E-state index in [2.05, 4.69) is 5.10 Å². The van der Waals surface area contributed by atoms with E-state index >= 15 is 0 Å². The molecule has 0 unspecified atom stereocenters. The van der Waals surface area contributed by atoms with Gasteiger partial charge in [0.05, 0.1) is 21.4 Å². The second-order valence-corrected chi connectivity index (χ2v) is 10.7. The number of anilines is 1. The van der Waals surface area contributed by atoms with E-state index < -0.39 is 43.7 Å². The van der Waals surface area contributed by atoms with E-state index in [1.165, 1.54) is 11.0 Å². The summed E-state index contributed by atoms with van der Waals surface area (Å²) < 4.78 is 68.8. The van der Waals surface area contributed by atoms with Crippen molar-refractivity contribution in [1.29, 1.82) is 0 Å². The van der Waals surface area contributed by atoms with Crippen LogP contribution < -0.4 is 4.90 Å². The molecule has 0 radical (unpaired) electrons. The van der Waals surface area contributed by atoms with Crippen LogP contribution in [0.2, 0.25) is 0 Å². The lowest BCUT2D eigenvalue weighted by Crippen LogP contribution is -2.37. The Hall–Kier alpha value is -3.34. The summed E-state index contributed by atoms with van der Waals surface area (Å²) in [6.45, 7) is 1.90. The van der Waals surface area contributed by atoms with Gasteiger partial charge in [-0.05, 0) is 37.5 Å². The van der Waals surface area contributed by atoms with Crippen molar-refractivity contribution in [2.24, 2.45) is 0 Å². The van der Waals surface area contributed by atoms with Crippen LogP contribution in [0.15, 0.2) is 65.6 Å². The summed E-state index contributed by atoms with van der Waals surface area (Å²) in [7, 11) is -4.48. The van der Waals surface area contributed by atoms with Crippen LogP contribution in [0.25, 0.3) is 0 Å². The molecule has 1 aliphatic rings. The van der Waals surface area contributed by atoms with Crippen molar-refractivity contribution in [1.82, 2.24) is 9.78 Å². The predicted molar refractivity (Wildman–Crippen MR) is 123 cm³/mol. The Kier molecular flexibility index (Phi) is 6.63.